The summed E-state index contributed by atoms with van der Waals surface area (Å²) >= 11 is 0. The monoisotopic (exact) mass is 1510 g/mol. The van der Waals surface area contributed by atoms with E-state index in [1.165, 1.54) is 0 Å². The molecule has 0 unspecified atom stereocenters. The van der Waals surface area contributed by atoms with Crippen molar-refractivity contribution in [1.29, 1.82) is 0 Å². The Labute approximate surface area is 603 Å². The number of urea groups is 2. The first-order valence-electron chi connectivity index (χ1n) is 31.3. The minimum absolute atomic E-state index is 0. The van der Waals surface area contributed by atoms with Crippen molar-refractivity contribution >= 4 is 84.7 Å². The van der Waals surface area contributed by atoms with E-state index in [0.29, 0.717) is 25.7 Å². The molecule has 1 rings (SSSR count). The van der Waals surface area contributed by atoms with Crippen LogP contribution in [-0.4, -0.2) is 136 Å². The summed E-state index contributed by atoms with van der Waals surface area (Å²) in [5, 5.41) is 19.8. The van der Waals surface area contributed by atoms with Crippen LogP contribution in [0.1, 0.15) is 250 Å². The van der Waals surface area contributed by atoms with Gasteiger partial charge in [0, 0.05) is 70.7 Å². The number of halogens is 1. The number of ether oxygens (including phenoxy) is 6. The van der Waals surface area contributed by atoms with E-state index in [9.17, 15) is 43.2 Å². The van der Waals surface area contributed by atoms with Crippen molar-refractivity contribution in [2.45, 2.75) is 309 Å². The minimum atomic E-state index is -1.11. The molecule has 5 atom stereocenters. The van der Waals surface area contributed by atoms with Gasteiger partial charge in [0.05, 0.1) is 0 Å². The Morgan fingerprint density at radius 3 is 0.939 bits per heavy atom. The van der Waals surface area contributed by atoms with Crippen molar-refractivity contribution in [1.82, 2.24) is 21.3 Å². The topological polar surface area (TPSA) is 406 Å². The van der Waals surface area contributed by atoms with E-state index in [2.05, 4.69) is 42.0 Å². The Kier molecular flexibility index (Phi) is 60.5. The van der Waals surface area contributed by atoms with Crippen LogP contribution in [0.15, 0.2) is 30.3 Å². The maximum absolute atomic E-state index is 12.9. The number of aliphatic carboxylic acids is 1. The number of carbonyl (C=O) groups excluding carboxylic acids is 14. The molecule has 0 aliphatic carbocycles. The van der Waals surface area contributed by atoms with Gasteiger partial charge in [-0.05, 0) is 158 Å². The van der Waals surface area contributed by atoms with Crippen molar-refractivity contribution in [3.05, 3.63) is 43.3 Å². The van der Waals surface area contributed by atoms with Crippen LogP contribution >= 0.6 is 12.4 Å². The van der Waals surface area contributed by atoms with Crippen LogP contribution < -0.4 is 27.0 Å². The van der Waals surface area contributed by atoms with Crippen LogP contribution in [0, 0.1) is 23.7 Å². The largest absolute Gasteiger partial charge is 0.481 e. The van der Waals surface area contributed by atoms with E-state index in [-0.39, 0.29) is 150 Å². The molecule has 0 radical (unpaired) electrons. The zero-order chi connectivity index (χ0) is 76.2. The fourth-order valence-corrected chi connectivity index (χ4v) is 7.15. The molecule has 0 saturated carbocycles. The summed E-state index contributed by atoms with van der Waals surface area (Å²) in [5.74, 6) is -3.81. The number of carboxylic acids is 1. The quantitative estimate of drug-likeness (QED) is 0.0256. The Hall–Kier alpha value is -6.90. The molecule has 0 bridgehead atoms. The zero-order valence-corrected chi connectivity index (χ0v) is 65.7. The van der Waals surface area contributed by atoms with E-state index >= 15 is 0 Å². The maximum atomic E-state index is 12.9. The minimum Gasteiger partial charge on any atom is -0.481 e. The predicted octanol–water partition coefficient (Wildman–Crippen LogP) is 11.1. The van der Waals surface area contributed by atoms with Crippen LogP contribution in [0.4, 0.5) is 9.59 Å². The second-order valence-corrected chi connectivity index (χ2v) is 29.5. The molecule has 29 heteroatoms. The molecule has 0 saturated heterocycles. The Balaban J connectivity index is -0.000000168. The van der Waals surface area contributed by atoms with E-state index in [1.807, 2.05) is 106 Å². The molecule has 4 amide bonds. The third-order valence-electron chi connectivity index (χ3n) is 11.5. The van der Waals surface area contributed by atoms with Crippen molar-refractivity contribution < 1.29 is 126 Å². The average Bonchev–Trinajstić information content (AvgIpc) is 0.927. The van der Waals surface area contributed by atoms with Gasteiger partial charge in [-0.1, -0.05) is 106 Å². The Morgan fingerprint density at radius 1 is 0.418 bits per heavy atom. The van der Waals surface area contributed by atoms with Crippen molar-refractivity contribution in [3.63, 3.8) is 0 Å². The smallest absolute Gasteiger partial charge is 0.373 e. The van der Waals surface area contributed by atoms with Gasteiger partial charge < -0.3 is 68.0 Å². The van der Waals surface area contributed by atoms with E-state index in [1.54, 1.807) is 83.1 Å². The summed E-state index contributed by atoms with van der Waals surface area (Å²) in [6.45, 7) is 48.5. The van der Waals surface area contributed by atoms with Crippen molar-refractivity contribution in [2.24, 2.45) is 22.0 Å². The number of nitrogens with one attached hydrogen (secondary N) is 4. The molecule has 0 spiro atoms. The number of amides is 4. The first-order chi connectivity index (χ1) is 42.9. The number of rotatable bonds is 23. The summed E-state index contributed by atoms with van der Waals surface area (Å²) < 4.78 is 32.0. The molecule has 1 aromatic rings. The Morgan fingerprint density at radius 2 is 0.684 bits per heavy atom. The number of hydrogen-bond donors (Lipinski definition) is 6. The first-order valence-corrected chi connectivity index (χ1v) is 31.3. The van der Waals surface area contributed by atoms with E-state index in [4.69, 9.17) is 68.0 Å². The second kappa shape index (κ2) is 54.0. The van der Waals surface area contributed by atoms with Gasteiger partial charge in [-0.3, -0.25) is 24.0 Å². The second-order valence-electron chi connectivity index (χ2n) is 29.5. The number of carbonyl (C=O) groups is 9. The van der Waals surface area contributed by atoms with Crippen LogP contribution in [0.25, 0.3) is 0 Å². The molecule has 572 valence electrons. The maximum Gasteiger partial charge on any atom is 0.373 e. The zero-order valence-electron chi connectivity index (χ0n) is 63.4. The third kappa shape index (κ3) is 71.9. The molecule has 1 aromatic carbocycles. The van der Waals surface area contributed by atoms with Gasteiger partial charge in [-0.25, -0.2) is 19.2 Å². The summed E-state index contributed by atoms with van der Waals surface area (Å²) in [6.07, 6.45) is 2.30. The molecule has 0 aliphatic heterocycles. The standard InChI is InChI=1S/C29H46N2O7.C22H40N2O7.C12H25NO2.C2H6.3CO2.CH3.ClH.Pd/c1-27(2,3)22(16-18-24(33)37-28(4,5)6)31-26(35)30-21(25(34)38-29(7,8)9)15-17-23(32)36-19-20-13-11-10-12-14-20;1-20(2,3)15(11-13-17(27)30-21(4,5)6)24-19(29)23-14(10-12-16(25)26)18(28)31-22(7,8)9;1-11(2,3)9(13)7-8-10(14)15-12(4,5)6;1-2;3*2-1-3;;;/h10-14,21-22H,15-19H2,1-9H3,(H2,30,31,35);14-15H,10-13H2,1-9H3,(H,25,26)(H2,23,24,29);9H,7-8,13H2,1-6H3;1-2H3;;;;1H3;1H;/q;;;;;;;-1;;/t21-,22-;14-,15-;9-;;;;;;;/m000......./s1. The fourth-order valence-electron chi connectivity index (χ4n) is 7.15. The summed E-state index contributed by atoms with van der Waals surface area (Å²) in [5.41, 5.74) is 2.96. The molecule has 0 fully saturated rings. The number of nitrogens with two attached hydrogens (primary N) is 1. The van der Waals surface area contributed by atoms with E-state index < -0.39 is 82.1 Å². The number of esters is 6. The van der Waals surface area contributed by atoms with E-state index in [0.717, 1.165) is 5.56 Å². The molecular weight excluding hydrogens is 1390 g/mol. The van der Waals surface area contributed by atoms with Gasteiger partial charge in [-0.2, -0.15) is 28.8 Å². The van der Waals surface area contributed by atoms with Gasteiger partial charge in [-0.15, -0.1) is 12.4 Å². The number of benzene rings is 1. The molecule has 98 heavy (non-hydrogen) atoms. The first kappa shape index (κ1) is 110. The van der Waals surface area contributed by atoms with Gasteiger partial charge in [0.25, 0.3) is 0 Å². The normalized spacial score (nSPS) is 12.4. The summed E-state index contributed by atoms with van der Waals surface area (Å²) in [6, 6.07) is 5.11. The van der Waals surface area contributed by atoms with Crippen LogP contribution in [0.3, 0.4) is 0 Å². The third-order valence-corrected chi connectivity index (χ3v) is 11.5. The molecular formula is C69H121ClN5O22Pd-. The number of hydrogen-bond acceptors (Lipinski definition) is 22. The molecule has 0 heterocycles. The average molecular weight is 1510 g/mol. The van der Waals surface area contributed by atoms with Gasteiger partial charge in [0.2, 0.25) is 0 Å². The fraction of sp³-hybridized carbons (Fsp3) is 0.725. The summed E-state index contributed by atoms with van der Waals surface area (Å²) in [4.78, 5) is 158. The van der Waals surface area contributed by atoms with Gasteiger partial charge in [0.1, 0.15) is 46.7 Å². The SMILES string of the molecule is CC.CC(C)(C)OC(=O)CC[C@H](N)C(C)(C)C.CC(C)(C)OC(=O)CC[C@H](NC(=O)N[C@@H](CCC(=O)O)C(=O)OC(C)(C)C)C(C)(C)C.CC(C)(C)OC(=O)CC[C@H](NC(=O)N[C@@H](CCC(=O)OCc1ccccc1)C(=O)OC(C)(C)C)C(C)(C)C.Cl.O=C=O.O=C=O.O=C=O.[CH3-].[Pd]. The molecule has 7 N–H and O–H groups in total. The van der Waals surface area contributed by atoms with Crippen molar-refractivity contribution in [3.8, 4) is 0 Å². The van der Waals surface area contributed by atoms with Gasteiger partial charge in [0.15, 0.2) is 0 Å². The molecule has 27 nitrogen and oxygen atoms in total. The predicted molar refractivity (Wildman–Crippen MR) is 364 cm³/mol. The molecule has 0 aromatic heterocycles. The van der Waals surface area contributed by atoms with Crippen LogP contribution in [0.5, 0.6) is 0 Å². The Bertz CT molecular complexity index is 2520. The molecule has 0 aliphatic rings. The van der Waals surface area contributed by atoms with Crippen LogP contribution in [0.2, 0.25) is 0 Å². The van der Waals surface area contributed by atoms with Crippen molar-refractivity contribution in [2.75, 3.05) is 0 Å². The van der Waals surface area contributed by atoms with Gasteiger partial charge >= 0.3 is 72.3 Å². The summed E-state index contributed by atoms with van der Waals surface area (Å²) in [7, 11) is 0. The van der Waals surface area contributed by atoms with Crippen LogP contribution in [-0.2, 0) is 118 Å². The number of carboxylic acid groups (broad SMARTS) is 1.